The highest BCUT2D eigenvalue weighted by Gasteiger charge is 2.16. The molecule has 18 heavy (non-hydrogen) atoms. The van der Waals surface area contributed by atoms with Crippen molar-refractivity contribution < 1.29 is 4.74 Å². The summed E-state index contributed by atoms with van der Waals surface area (Å²) in [6, 6.07) is 6.24. The van der Waals surface area contributed by atoms with Crippen molar-refractivity contribution in [2.45, 2.75) is 19.4 Å². The Bertz CT molecular complexity index is 538. The lowest BCUT2D eigenvalue weighted by Crippen LogP contribution is -2.13. The van der Waals surface area contributed by atoms with Crippen molar-refractivity contribution in [2.24, 2.45) is 0 Å². The summed E-state index contributed by atoms with van der Waals surface area (Å²) < 4.78 is 7.39. The molecule has 2 aromatic rings. The first-order valence-corrected chi connectivity index (χ1v) is 7.41. The van der Waals surface area contributed by atoms with Crippen LogP contribution >= 0.6 is 11.8 Å². The second kappa shape index (κ2) is 5.52. The second-order valence-electron chi connectivity index (χ2n) is 4.21. The number of nitrogens with zero attached hydrogens (tertiary/aromatic N) is 2. The lowest BCUT2D eigenvalue weighted by Gasteiger charge is -2.18. The van der Waals surface area contributed by atoms with E-state index in [2.05, 4.69) is 22.7 Å². The van der Waals surface area contributed by atoms with Crippen LogP contribution in [0.5, 0.6) is 5.75 Å². The molecular formula is C13H19N3OS. The van der Waals surface area contributed by atoms with Crippen molar-refractivity contribution in [3.63, 3.8) is 0 Å². The molecular weight excluding hydrogens is 246 g/mol. The predicted molar refractivity (Wildman–Crippen MR) is 78.4 cm³/mol. The SMILES string of the molecule is CCC(CSC)n1c(N)nc2ccc(OC)cc21. The minimum atomic E-state index is 0.372. The van der Waals surface area contributed by atoms with Crippen LogP contribution < -0.4 is 10.5 Å². The maximum atomic E-state index is 6.05. The number of nitrogen functional groups attached to an aromatic ring is 1. The molecule has 0 aliphatic rings. The molecule has 1 aromatic heterocycles. The highest BCUT2D eigenvalue weighted by molar-refractivity contribution is 7.98. The van der Waals surface area contributed by atoms with E-state index in [9.17, 15) is 0 Å². The first kappa shape index (κ1) is 13.1. The van der Waals surface area contributed by atoms with Crippen LogP contribution in [0.4, 0.5) is 5.95 Å². The highest BCUT2D eigenvalue weighted by Crippen LogP contribution is 2.29. The first-order valence-electron chi connectivity index (χ1n) is 6.01. The minimum Gasteiger partial charge on any atom is -0.497 e. The molecule has 0 aliphatic carbocycles. The lowest BCUT2D eigenvalue weighted by atomic mass is 10.2. The van der Waals surface area contributed by atoms with Gasteiger partial charge in [0.1, 0.15) is 5.75 Å². The van der Waals surface area contributed by atoms with Crippen LogP contribution in [0.2, 0.25) is 0 Å². The van der Waals surface area contributed by atoms with Crippen LogP contribution in [-0.4, -0.2) is 28.7 Å². The number of rotatable bonds is 5. The molecule has 0 saturated heterocycles. The summed E-state index contributed by atoms with van der Waals surface area (Å²) in [6.45, 7) is 2.17. The Morgan fingerprint density at radius 1 is 1.50 bits per heavy atom. The molecule has 0 amide bonds. The van der Waals surface area contributed by atoms with Crippen LogP contribution in [0.3, 0.4) is 0 Å². The van der Waals surface area contributed by atoms with E-state index in [0.717, 1.165) is 29.0 Å². The van der Waals surface area contributed by atoms with E-state index < -0.39 is 0 Å². The maximum absolute atomic E-state index is 6.05. The summed E-state index contributed by atoms with van der Waals surface area (Å²) in [5, 5.41) is 0. The molecule has 1 unspecified atom stereocenters. The van der Waals surface area contributed by atoms with Crippen LogP contribution in [0.1, 0.15) is 19.4 Å². The summed E-state index contributed by atoms with van der Waals surface area (Å²) >= 11 is 1.82. The number of nitrogens with two attached hydrogens (primary N) is 1. The van der Waals surface area contributed by atoms with Gasteiger partial charge in [-0.3, -0.25) is 0 Å². The molecule has 5 heteroatoms. The first-order chi connectivity index (χ1) is 8.71. The molecule has 1 atom stereocenters. The molecule has 98 valence electrons. The molecule has 0 radical (unpaired) electrons. The molecule has 0 fully saturated rings. The number of imidazole rings is 1. The van der Waals surface area contributed by atoms with Crippen molar-refractivity contribution in [3.05, 3.63) is 18.2 Å². The molecule has 2 rings (SSSR count). The molecule has 0 bridgehead atoms. The van der Waals surface area contributed by atoms with Gasteiger partial charge >= 0.3 is 0 Å². The molecule has 1 heterocycles. The average Bonchev–Trinajstić information content (AvgIpc) is 2.71. The smallest absolute Gasteiger partial charge is 0.201 e. The third-order valence-corrected chi connectivity index (χ3v) is 3.84. The summed E-state index contributed by atoms with van der Waals surface area (Å²) in [5.41, 5.74) is 8.03. The topological polar surface area (TPSA) is 53.1 Å². The van der Waals surface area contributed by atoms with Gasteiger partial charge in [0, 0.05) is 17.9 Å². The summed E-state index contributed by atoms with van der Waals surface area (Å²) in [7, 11) is 1.67. The van der Waals surface area contributed by atoms with Gasteiger partial charge in [0.2, 0.25) is 5.95 Å². The van der Waals surface area contributed by atoms with Crippen LogP contribution in [0.25, 0.3) is 11.0 Å². The molecule has 0 aliphatic heterocycles. The molecule has 1 aromatic carbocycles. The van der Waals surface area contributed by atoms with E-state index in [-0.39, 0.29) is 0 Å². The average molecular weight is 265 g/mol. The van der Waals surface area contributed by atoms with Crippen molar-refractivity contribution in [3.8, 4) is 5.75 Å². The molecule has 2 N–H and O–H groups in total. The zero-order valence-electron chi connectivity index (χ0n) is 11.0. The van der Waals surface area contributed by atoms with Gasteiger partial charge in [-0.05, 0) is 24.8 Å². The van der Waals surface area contributed by atoms with Gasteiger partial charge in [-0.2, -0.15) is 11.8 Å². The van der Waals surface area contributed by atoms with Crippen LogP contribution in [-0.2, 0) is 0 Å². The van der Waals surface area contributed by atoms with Crippen LogP contribution in [0, 0.1) is 0 Å². The van der Waals surface area contributed by atoms with Crippen LogP contribution in [0.15, 0.2) is 18.2 Å². The number of thioether (sulfide) groups is 1. The number of hydrogen-bond donors (Lipinski definition) is 1. The minimum absolute atomic E-state index is 0.372. The number of aromatic nitrogens is 2. The number of hydrogen-bond acceptors (Lipinski definition) is 4. The van der Waals surface area contributed by atoms with Gasteiger partial charge in [-0.1, -0.05) is 6.92 Å². The monoisotopic (exact) mass is 265 g/mol. The predicted octanol–water partition coefficient (Wildman–Crippen LogP) is 2.94. The Morgan fingerprint density at radius 3 is 2.89 bits per heavy atom. The Kier molecular flexibility index (Phi) is 4.01. The van der Waals surface area contributed by atoms with Gasteiger partial charge in [-0.15, -0.1) is 0 Å². The zero-order chi connectivity index (χ0) is 13.1. The fourth-order valence-electron chi connectivity index (χ4n) is 2.17. The van der Waals surface area contributed by atoms with E-state index >= 15 is 0 Å². The number of methoxy groups -OCH3 is 1. The Morgan fingerprint density at radius 2 is 2.28 bits per heavy atom. The van der Waals surface area contributed by atoms with Gasteiger partial charge in [0.15, 0.2) is 0 Å². The Balaban J connectivity index is 2.56. The zero-order valence-corrected chi connectivity index (χ0v) is 11.8. The standard InChI is InChI=1S/C13H19N3OS/c1-4-9(8-18-3)16-12-7-10(17-2)5-6-11(12)15-13(16)14/h5-7,9H,4,8H2,1-3H3,(H2,14,15). The third kappa shape index (κ3) is 2.27. The van der Waals surface area contributed by atoms with Gasteiger partial charge in [-0.25, -0.2) is 4.98 Å². The number of anilines is 1. The van der Waals surface area contributed by atoms with Crippen molar-refractivity contribution in [2.75, 3.05) is 24.9 Å². The molecule has 4 nitrogen and oxygen atoms in total. The highest BCUT2D eigenvalue weighted by atomic mass is 32.2. The second-order valence-corrected chi connectivity index (χ2v) is 5.12. The fraction of sp³-hybridized carbons (Fsp3) is 0.462. The number of ether oxygens (including phenoxy) is 1. The summed E-state index contributed by atoms with van der Waals surface area (Å²) in [6.07, 6.45) is 3.15. The van der Waals surface area contributed by atoms with Gasteiger partial charge in [0.25, 0.3) is 0 Å². The summed E-state index contributed by atoms with van der Waals surface area (Å²) in [4.78, 5) is 4.42. The number of benzene rings is 1. The molecule has 0 spiro atoms. The van der Waals surface area contributed by atoms with E-state index in [0.29, 0.717) is 12.0 Å². The van der Waals surface area contributed by atoms with Crippen molar-refractivity contribution in [1.82, 2.24) is 9.55 Å². The van der Waals surface area contributed by atoms with Crippen molar-refractivity contribution in [1.29, 1.82) is 0 Å². The quantitative estimate of drug-likeness (QED) is 0.903. The maximum Gasteiger partial charge on any atom is 0.201 e. The van der Waals surface area contributed by atoms with Crippen molar-refractivity contribution >= 4 is 28.7 Å². The van der Waals surface area contributed by atoms with E-state index in [1.54, 1.807) is 7.11 Å². The largest absolute Gasteiger partial charge is 0.497 e. The fourth-order valence-corrected chi connectivity index (χ4v) is 2.94. The van der Waals surface area contributed by atoms with E-state index in [1.807, 2.05) is 30.0 Å². The molecule has 0 saturated carbocycles. The lowest BCUT2D eigenvalue weighted by molar-refractivity contribution is 0.415. The number of fused-ring (bicyclic) bond motifs is 1. The normalized spacial score (nSPS) is 12.8. The van der Waals surface area contributed by atoms with Gasteiger partial charge in [0.05, 0.1) is 18.1 Å². The third-order valence-electron chi connectivity index (χ3n) is 3.12. The van der Waals surface area contributed by atoms with E-state index in [1.165, 1.54) is 0 Å². The summed E-state index contributed by atoms with van der Waals surface area (Å²) in [5.74, 6) is 2.45. The Hall–Kier alpha value is -1.36. The Labute approximate surface area is 112 Å². The van der Waals surface area contributed by atoms with Gasteiger partial charge < -0.3 is 15.0 Å². The van der Waals surface area contributed by atoms with E-state index in [4.69, 9.17) is 10.5 Å².